The van der Waals surface area contributed by atoms with Gasteiger partial charge in [0.05, 0.1) is 22.6 Å². The van der Waals surface area contributed by atoms with E-state index < -0.39 is 0 Å². The summed E-state index contributed by atoms with van der Waals surface area (Å²) in [5.41, 5.74) is 6.22. The van der Waals surface area contributed by atoms with Crippen molar-refractivity contribution in [1.82, 2.24) is 0 Å². The molecule has 5 aromatic rings. The second kappa shape index (κ2) is 9.58. The van der Waals surface area contributed by atoms with Gasteiger partial charge < -0.3 is 0 Å². The Morgan fingerprint density at radius 2 is 0.848 bits per heavy atom. The van der Waals surface area contributed by atoms with Crippen LogP contribution in [-0.2, 0) is 0 Å². The van der Waals surface area contributed by atoms with Crippen LogP contribution in [0.2, 0.25) is 0 Å². The van der Waals surface area contributed by atoms with Crippen molar-refractivity contribution in [3.63, 3.8) is 0 Å². The van der Waals surface area contributed by atoms with Crippen LogP contribution in [0.4, 0.5) is 4.39 Å². The lowest BCUT2D eigenvalue weighted by atomic mass is 9.80. The quantitative estimate of drug-likeness (QED) is 0.190. The van der Waals surface area contributed by atoms with Crippen molar-refractivity contribution in [2.45, 2.75) is 5.92 Å². The number of benzene rings is 5. The van der Waals surface area contributed by atoms with Crippen LogP contribution in [0.15, 0.2) is 140 Å². The molecule has 0 spiro atoms. The Hall–Kier alpha value is -4.10. The van der Waals surface area contributed by atoms with E-state index in [-0.39, 0.29) is 11.7 Å². The van der Waals surface area contributed by atoms with Crippen LogP contribution >= 0.6 is 0 Å². The summed E-state index contributed by atoms with van der Waals surface area (Å²) in [6, 6.07) is 46.5. The highest BCUT2D eigenvalue weighted by atomic mass is 19.1. The first-order chi connectivity index (χ1) is 16.3. The first-order valence-electron chi connectivity index (χ1n) is 11.2. The Morgan fingerprint density at radius 3 is 1.30 bits per heavy atom. The van der Waals surface area contributed by atoms with Gasteiger partial charge in [0.15, 0.2) is 0 Å². The minimum Gasteiger partial charge on any atom is -0.200 e. The molecule has 5 aromatic carbocycles. The van der Waals surface area contributed by atoms with E-state index in [4.69, 9.17) is 0 Å². The summed E-state index contributed by atoms with van der Waals surface area (Å²) in [5, 5.41) is 0. The molecule has 1 heteroatoms. The molecule has 0 heterocycles. The monoisotopic (exact) mass is 427 g/mol. The van der Waals surface area contributed by atoms with Crippen molar-refractivity contribution < 1.29 is 4.39 Å². The molecule has 0 aliphatic carbocycles. The van der Waals surface area contributed by atoms with Gasteiger partial charge in [0, 0.05) is 12.0 Å². The van der Waals surface area contributed by atoms with Gasteiger partial charge in [-0.2, -0.15) is 0 Å². The minimum atomic E-state index is -0.233. The van der Waals surface area contributed by atoms with Crippen molar-refractivity contribution in [1.29, 1.82) is 0 Å². The Bertz CT molecular complexity index is 1120. The summed E-state index contributed by atoms with van der Waals surface area (Å²) in [6.45, 7) is 0. The van der Waals surface area contributed by atoms with Gasteiger partial charge >= 0.3 is 0 Å². The second-order valence-electron chi connectivity index (χ2n) is 8.13. The highest BCUT2D eigenvalue weighted by Gasteiger charge is 2.26. The Balaban J connectivity index is 1.69. The highest BCUT2D eigenvalue weighted by Crippen LogP contribution is 2.37. The topological polar surface area (TPSA) is 0 Å². The molecule has 158 valence electrons. The van der Waals surface area contributed by atoms with Crippen LogP contribution in [0, 0.1) is 11.7 Å². The first kappa shape index (κ1) is 20.8. The smallest absolute Gasteiger partial charge is 0.148 e. The van der Waals surface area contributed by atoms with Crippen molar-refractivity contribution in [3.05, 3.63) is 185 Å². The predicted octanol–water partition coefficient (Wildman–Crippen LogP) is 8.03. The van der Waals surface area contributed by atoms with Crippen LogP contribution < -0.4 is 0 Å². The molecule has 0 nitrogen and oxygen atoms in total. The summed E-state index contributed by atoms with van der Waals surface area (Å²) in [6.07, 6.45) is 0. The largest absolute Gasteiger partial charge is 0.200 e. The van der Waals surface area contributed by atoms with Crippen LogP contribution in [0.5, 0.6) is 0 Å². The third-order valence-corrected chi connectivity index (χ3v) is 5.93. The van der Waals surface area contributed by atoms with Gasteiger partial charge in [-0.3, -0.25) is 0 Å². The molecule has 0 saturated carbocycles. The van der Waals surface area contributed by atoms with Gasteiger partial charge in [-0.15, -0.1) is 0 Å². The Morgan fingerprint density at radius 1 is 0.424 bits per heavy atom. The lowest BCUT2D eigenvalue weighted by Crippen LogP contribution is -2.09. The predicted molar refractivity (Wildman–Crippen MR) is 134 cm³/mol. The lowest BCUT2D eigenvalue weighted by Gasteiger charge is -2.20. The van der Waals surface area contributed by atoms with Crippen LogP contribution in [0.1, 0.15) is 39.3 Å². The Labute approximate surface area is 195 Å². The molecule has 5 rings (SSSR count). The maximum absolute atomic E-state index is 15.2. The maximum atomic E-state index is 15.2. The van der Waals surface area contributed by atoms with Gasteiger partial charge in [0.2, 0.25) is 0 Å². The fourth-order valence-electron chi connectivity index (χ4n) is 4.50. The zero-order valence-electron chi connectivity index (χ0n) is 18.2. The molecule has 0 saturated heterocycles. The van der Waals surface area contributed by atoms with E-state index in [0.29, 0.717) is 0 Å². The van der Waals surface area contributed by atoms with E-state index in [1.54, 1.807) is 12.1 Å². The summed E-state index contributed by atoms with van der Waals surface area (Å²) in [7, 11) is 0. The summed E-state index contributed by atoms with van der Waals surface area (Å²) in [4.78, 5) is 0. The molecule has 0 aromatic heterocycles. The molecule has 0 aliphatic heterocycles. The lowest BCUT2D eigenvalue weighted by molar-refractivity contribution is 0.623. The third-order valence-electron chi connectivity index (χ3n) is 5.93. The fraction of sp³-hybridized carbons (Fsp3) is 0.0312. The first-order valence-corrected chi connectivity index (χ1v) is 11.2. The molecule has 0 bridgehead atoms. The average Bonchev–Trinajstić information content (AvgIpc) is 2.87. The zero-order chi connectivity index (χ0) is 22.5. The fourth-order valence-corrected chi connectivity index (χ4v) is 4.50. The van der Waals surface area contributed by atoms with Crippen LogP contribution in [0.3, 0.4) is 0 Å². The van der Waals surface area contributed by atoms with E-state index in [9.17, 15) is 0 Å². The summed E-state index contributed by atoms with van der Waals surface area (Å²) < 4.78 is 15.2. The van der Waals surface area contributed by atoms with Crippen molar-refractivity contribution in [2.75, 3.05) is 0 Å². The molecule has 0 unspecified atom stereocenters. The van der Waals surface area contributed by atoms with E-state index in [1.165, 1.54) is 0 Å². The third kappa shape index (κ3) is 4.58. The maximum Gasteiger partial charge on any atom is 0.148 e. The standard InChI is InChI=1S/C32H24F/c33-30-22-28(31(24-13-5-1-6-14-24)25-15-7-2-8-16-25)21-29(23-30)32(26-17-9-3-10-18-26)27-19-11-4-12-20-27/h1-23,31H/q+1. The Kier molecular flexibility index (Phi) is 6.04. The molecule has 0 aliphatic rings. The number of hydrogen-bond acceptors (Lipinski definition) is 0. The molecular weight excluding hydrogens is 403 g/mol. The molecule has 33 heavy (non-hydrogen) atoms. The van der Waals surface area contributed by atoms with Crippen molar-refractivity contribution in [2.24, 2.45) is 0 Å². The van der Waals surface area contributed by atoms with Gasteiger partial charge in [-0.05, 0) is 77.4 Å². The molecule has 0 atom stereocenters. The van der Waals surface area contributed by atoms with E-state index >= 15 is 4.39 Å². The van der Waals surface area contributed by atoms with Gasteiger partial charge in [-0.1, -0.05) is 72.8 Å². The van der Waals surface area contributed by atoms with Crippen molar-refractivity contribution >= 4 is 0 Å². The van der Waals surface area contributed by atoms with Gasteiger partial charge in [0.1, 0.15) is 5.82 Å². The van der Waals surface area contributed by atoms with Gasteiger partial charge in [0.25, 0.3) is 0 Å². The zero-order valence-corrected chi connectivity index (χ0v) is 18.2. The van der Waals surface area contributed by atoms with E-state index in [1.807, 2.05) is 72.8 Å². The van der Waals surface area contributed by atoms with Crippen LogP contribution in [0.25, 0.3) is 0 Å². The molecule has 0 radical (unpaired) electrons. The molecule has 0 amide bonds. The molecular formula is C32H24F+. The number of rotatable bonds is 6. The normalized spacial score (nSPS) is 10.8. The van der Waals surface area contributed by atoms with E-state index in [2.05, 4.69) is 54.6 Å². The van der Waals surface area contributed by atoms with Crippen LogP contribution in [-0.4, -0.2) is 0 Å². The number of hydrogen-bond donors (Lipinski definition) is 0. The summed E-state index contributed by atoms with van der Waals surface area (Å²) in [5.74, 6) is 0.732. The number of halogens is 1. The summed E-state index contributed by atoms with van der Waals surface area (Å²) >= 11 is 0. The molecule has 0 fully saturated rings. The SMILES string of the molecule is Fc1cc([C+](c2ccccc2)c2ccccc2)cc(C(c2ccccc2)c2ccccc2)c1. The highest BCUT2D eigenvalue weighted by molar-refractivity contribution is 5.59. The molecule has 0 N–H and O–H groups in total. The van der Waals surface area contributed by atoms with Gasteiger partial charge in [-0.25, -0.2) is 4.39 Å². The average molecular weight is 428 g/mol. The minimum absolute atomic E-state index is 0.0605. The van der Waals surface area contributed by atoms with Crippen molar-refractivity contribution in [3.8, 4) is 0 Å². The second-order valence-corrected chi connectivity index (χ2v) is 8.13. The van der Waals surface area contributed by atoms with E-state index in [0.717, 1.165) is 39.3 Å².